The van der Waals surface area contributed by atoms with Gasteiger partial charge in [0.15, 0.2) is 6.61 Å². The smallest absolute Gasteiger partial charge is 0.338 e. The normalized spacial score (nSPS) is 9.83. The van der Waals surface area contributed by atoms with Gasteiger partial charge in [0.05, 0.1) is 23.1 Å². The number of hydrogen-bond donors (Lipinski definition) is 1. The van der Waals surface area contributed by atoms with Crippen LogP contribution in [-0.4, -0.2) is 24.2 Å². The van der Waals surface area contributed by atoms with Crippen molar-refractivity contribution >= 4 is 29.3 Å². The van der Waals surface area contributed by atoms with Crippen molar-refractivity contribution in [2.45, 2.75) is 11.8 Å². The molecule has 6 heteroatoms. The molecule has 122 valence electrons. The van der Waals surface area contributed by atoms with Crippen molar-refractivity contribution in [1.29, 1.82) is 5.26 Å². The number of amides is 1. The van der Waals surface area contributed by atoms with Gasteiger partial charge in [-0.1, -0.05) is 30.3 Å². The topological polar surface area (TPSA) is 79.2 Å². The molecule has 24 heavy (non-hydrogen) atoms. The lowest BCUT2D eigenvalue weighted by Crippen LogP contribution is -2.21. The monoisotopic (exact) mass is 340 g/mol. The molecular weight excluding hydrogens is 324 g/mol. The molecule has 0 aliphatic heterocycles. The number of para-hydroxylation sites is 1. The molecule has 0 saturated heterocycles. The van der Waals surface area contributed by atoms with Gasteiger partial charge in [0.25, 0.3) is 5.91 Å². The second-order valence-corrected chi connectivity index (χ2v) is 5.90. The molecular formula is C18H16N2O3S. The van der Waals surface area contributed by atoms with Gasteiger partial charge in [-0.2, -0.15) is 5.26 Å². The Hall–Kier alpha value is -2.78. The number of hydrogen-bond acceptors (Lipinski definition) is 5. The number of esters is 1. The van der Waals surface area contributed by atoms with Gasteiger partial charge < -0.3 is 10.1 Å². The van der Waals surface area contributed by atoms with Gasteiger partial charge in [0, 0.05) is 4.90 Å². The molecule has 2 aromatic carbocycles. The van der Waals surface area contributed by atoms with Gasteiger partial charge in [-0.25, -0.2) is 4.79 Å². The van der Waals surface area contributed by atoms with E-state index in [1.54, 1.807) is 37.3 Å². The fourth-order valence-electron chi connectivity index (χ4n) is 2.00. The first-order valence-corrected chi connectivity index (χ1v) is 8.21. The lowest BCUT2D eigenvalue weighted by atomic mass is 10.1. The molecule has 0 spiro atoms. The summed E-state index contributed by atoms with van der Waals surface area (Å²) >= 11 is 1.33. The first-order valence-electron chi connectivity index (χ1n) is 7.23. The quantitative estimate of drug-likeness (QED) is 0.644. The van der Waals surface area contributed by atoms with Gasteiger partial charge in [0.1, 0.15) is 0 Å². The van der Waals surface area contributed by atoms with E-state index in [0.29, 0.717) is 11.3 Å². The third-order valence-corrected chi connectivity index (χ3v) is 4.09. The maximum atomic E-state index is 12.0. The fraction of sp³-hybridized carbons (Fsp3) is 0.167. The van der Waals surface area contributed by atoms with Crippen LogP contribution in [0.2, 0.25) is 0 Å². The van der Waals surface area contributed by atoms with Crippen LogP contribution in [0.3, 0.4) is 0 Å². The Bertz CT molecular complexity index is 784. The molecule has 0 saturated carbocycles. The van der Waals surface area contributed by atoms with Crippen LogP contribution in [0.1, 0.15) is 15.9 Å². The number of carbonyl (C=O) groups is 2. The van der Waals surface area contributed by atoms with E-state index < -0.39 is 11.9 Å². The number of aryl methyl sites for hydroxylation is 1. The third-order valence-electron chi connectivity index (χ3n) is 3.15. The van der Waals surface area contributed by atoms with Crippen molar-refractivity contribution in [2.75, 3.05) is 17.7 Å². The van der Waals surface area contributed by atoms with E-state index in [1.807, 2.05) is 24.3 Å². The van der Waals surface area contributed by atoms with Gasteiger partial charge in [-0.05, 0) is 30.7 Å². The van der Waals surface area contributed by atoms with Gasteiger partial charge in [0.2, 0.25) is 0 Å². The molecule has 1 N–H and O–H groups in total. The molecule has 0 heterocycles. The Morgan fingerprint density at radius 1 is 1.17 bits per heavy atom. The van der Waals surface area contributed by atoms with Gasteiger partial charge in [-0.3, -0.25) is 4.79 Å². The van der Waals surface area contributed by atoms with Crippen molar-refractivity contribution < 1.29 is 14.3 Å². The first kappa shape index (κ1) is 17.6. The van der Waals surface area contributed by atoms with E-state index in [0.717, 1.165) is 10.5 Å². The number of nitrogens with zero attached hydrogens (tertiary/aromatic N) is 1. The van der Waals surface area contributed by atoms with Crippen molar-refractivity contribution in [3.8, 4) is 6.07 Å². The number of rotatable bonds is 6. The lowest BCUT2D eigenvalue weighted by molar-refractivity contribution is -0.119. The molecule has 0 bridgehead atoms. The van der Waals surface area contributed by atoms with Crippen LogP contribution >= 0.6 is 11.8 Å². The zero-order chi connectivity index (χ0) is 17.4. The highest BCUT2D eigenvalue weighted by molar-refractivity contribution is 7.99. The Morgan fingerprint density at radius 3 is 2.62 bits per heavy atom. The summed E-state index contributed by atoms with van der Waals surface area (Å²) < 4.78 is 5.05. The standard InChI is InChI=1S/C18H16N2O3S/c1-13-6-2-3-7-14(13)18(22)23-12-17(21)20-15-8-4-5-9-16(15)24-11-10-19/h2-9H,11-12H2,1H3,(H,20,21). The largest absolute Gasteiger partial charge is 0.452 e. The van der Waals surface area contributed by atoms with Gasteiger partial charge in [-0.15, -0.1) is 11.8 Å². The predicted molar refractivity (Wildman–Crippen MR) is 92.9 cm³/mol. The van der Waals surface area contributed by atoms with E-state index in [9.17, 15) is 9.59 Å². The molecule has 0 fully saturated rings. The maximum Gasteiger partial charge on any atom is 0.338 e. The minimum atomic E-state index is -0.532. The molecule has 0 atom stereocenters. The molecule has 1 amide bonds. The number of thioether (sulfide) groups is 1. The molecule has 0 aromatic heterocycles. The first-order chi connectivity index (χ1) is 11.6. The summed E-state index contributed by atoms with van der Waals surface area (Å²) in [5, 5.41) is 11.4. The summed E-state index contributed by atoms with van der Waals surface area (Å²) in [6.45, 7) is 1.43. The zero-order valence-electron chi connectivity index (χ0n) is 13.1. The average Bonchev–Trinajstić information content (AvgIpc) is 2.59. The molecule has 2 rings (SSSR count). The fourth-order valence-corrected chi connectivity index (χ4v) is 2.67. The van der Waals surface area contributed by atoms with Crippen LogP contribution in [0.4, 0.5) is 5.69 Å². The highest BCUT2D eigenvalue weighted by Crippen LogP contribution is 2.26. The molecule has 0 aliphatic carbocycles. The van der Waals surface area contributed by atoms with Crippen molar-refractivity contribution in [3.05, 3.63) is 59.7 Å². The Morgan fingerprint density at radius 2 is 1.88 bits per heavy atom. The van der Waals surface area contributed by atoms with Crippen molar-refractivity contribution in [3.63, 3.8) is 0 Å². The molecule has 0 unspecified atom stereocenters. The van der Waals surface area contributed by atoms with E-state index in [4.69, 9.17) is 10.00 Å². The maximum absolute atomic E-state index is 12.0. The van der Waals surface area contributed by atoms with Crippen LogP contribution in [0.5, 0.6) is 0 Å². The summed E-state index contributed by atoms with van der Waals surface area (Å²) in [6, 6.07) is 16.2. The Labute approximate surface area is 144 Å². The lowest BCUT2D eigenvalue weighted by Gasteiger charge is -2.10. The second kappa shape index (κ2) is 8.75. The SMILES string of the molecule is Cc1ccccc1C(=O)OCC(=O)Nc1ccccc1SCC#N. The molecule has 2 aromatic rings. The summed E-state index contributed by atoms with van der Waals surface area (Å²) in [5.74, 6) is -0.674. The Kier molecular flexibility index (Phi) is 6.41. The zero-order valence-corrected chi connectivity index (χ0v) is 13.9. The van der Waals surface area contributed by atoms with E-state index in [1.165, 1.54) is 11.8 Å². The number of anilines is 1. The highest BCUT2D eigenvalue weighted by atomic mass is 32.2. The number of nitriles is 1. The molecule has 0 radical (unpaired) electrons. The summed E-state index contributed by atoms with van der Waals surface area (Å²) in [6.07, 6.45) is 0. The number of nitrogens with one attached hydrogen (secondary N) is 1. The number of ether oxygens (including phenoxy) is 1. The van der Waals surface area contributed by atoms with E-state index in [2.05, 4.69) is 5.32 Å². The molecule has 5 nitrogen and oxygen atoms in total. The van der Waals surface area contributed by atoms with Crippen molar-refractivity contribution in [1.82, 2.24) is 0 Å². The van der Waals surface area contributed by atoms with Crippen LogP contribution in [0, 0.1) is 18.3 Å². The van der Waals surface area contributed by atoms with Crippen LogP contribution in [-0.2, 0) is 9.53 Å². The van der Waals surface area contributed by atoms with Gasteiger partial charge >= 0.3 is 5.97 Å². The Balaban J connectivity index is 1.94. The molecule has 0 aliphatic rings. The number of benzene rings is 2. The van der Waals surface area contributed by atoms with E-state index in [-0.39, 0.29) is 12.4 Å². The average molecular weight is 340 g/mol. The highest BCUT2D eigenvalue weighted by Gasteiger charge is 2.13. The second-order valence-electron chi connectivity index (χ2n) is 4.88. The van der Waals surface area contributed by atoms with Crippen LogP contribution in [0.15, 0.2) is 53.4 Å². The summed E-state index contributed by atoms with van der Waals surface area (Å²) in [5.41, 5.74) is 1.83. The van der Waals surface area contributed by atoms with Crippen molar-refractivity contribution in [2.24, 2.45) is 0 Å². The number of carbonyl (C=O) groups excluding carboxylic acids is 2. The predicted octanol–water partition coefficient (Wildman–Crippen LogP) is 3.41. The summed E-state index contributed by atoms with van der Waals surface area (Å²) in [7, 11) is 0. The minimum Gasteiger partial charge on any atom is -0.452 e. The van der Waals surface area contributed by atoms with Crippen LogP contribution in [0.25, 0.3) is 0 Å². The van der Waals surface area contributed by atoms with E-state index >= 15 is 0 Å². The third kappa shape index (κ3) is 4.86. The summed E-state index contributed by atoms with van der Waals surface area (Å²) in [4.78, 5) is 24.8. The minimum absolute atomic E-state index is 0.287. The van der Waals surface area contributed by atoms with Crippen LogP contribution < -0.4 is 5.32 Å².